The maximum absolute atomic E-state index is 8.76. The zero-order valence-corrected chi connectivity index (χ0v) is 10.7. The van der Waals surface area contributed by atoms with Crippen molar-refractivity contribution < 1.29 is 14.6 Å². The number of aliphatic hydroxyl groups is 1. The highest BCUT2D eigenvalue weighted by Gasteiger charge is 2.35. The first-order valence-corrected chi connectivity index (χ1v) is 6.63. The monoisotopic (exact) mass is 230 g/mol. The lowest BCUT2D eigenvalue weighted by Crippen LogP contribution is -2.26. The Kier molecular flexibility index (Phi) is 6.32. The molecule has 2 atom stereocenters. The van der Waals surface area contributed by atoms with E-state index in [9.17, 15) is 0 Å². The zero-order chi connectivity index (χ0) is 11.9. The molecule has 0 bridgehead atoms. The Bertz CT molecular complexity index is 184. The number of hydrogen-bond donors (Lipinski definition) is 1. The molecule has 0 aliphatic carbocycles. The molecule has 1 aliphatic rings. The largest absolute Gasteiger partial charge is 0.396 e. The summed E-state index contributed by atoms with van der Waals surface area (Å²) < 4.78 is 11.6. The first kappa shape index (κ1) is 13.9. The first-order valence-electron chi connectivity index (χ1n) is 6.63. The predicted octanol–water partition coefficient (Wildman–Crippen LogP) is 2.86. The molecule has 3 nitrogen and oxygen atoms in total. The second-order valence-electron chi connectivity index (χ2n) is 4.86. The van der Waals surface area contributed by atoms with Crippen LogP contribution in [0.1, 0.15) is 58.8 Å². The summed E-state index contributed by atoms with van der Waals surface area (Å²) in [4.78, 5) is 0. The van der Waals surface area contributed by atoms with Gasteiger partial charge in [-0.25, -0.2) is 0 Å². The fourth-order valence-corrected chi connectivity index (χ4v) is 2.16. The second-order valence-corrected chi connectivity index (χ2v) is 4.86. The van der Waals surface area contributed by atoms with Crippen LogP contribution in [0, 0.1) is 0 Å². The van der Waals surface area contributed by atoms with Crippen molar-refractivity contribution in [3.8, 4) is 0 Å². The van der Waals surface area contributed by atoms with Crippen molar-refractivity contribution >= 4 is 0 Å². The molecule has 1 fully saturated rings. The van der Waals surface area contributed by atoms with Gasteiger partial charge < -0.3 is 14.6 Å². The van der Waals surface area contributed by atoms with Crippen LogP contribution < -0.4 is 0 Å². The quantitative estimate of drug-likeness (QED) is 0.652. The minimum Gasteiger partial charge on any atom is -0.396 e. The number of unbranched alkanes of at least 4 members (excludes halogenated alkanes) is 3. The first-order chi connectivity index (χ1) is 7.70. The van der Waals surface area contributed by atoms with Gasteiger partial charge in [0.15, 0.2) is 5.79 Å². The van der Waals surface area contributed by atoms with Crippen LogP contribution in [0.5, 0.6) is 0 Å². The maximum atomic E-state index is 8.76. The molecule has 0 aromatic heterocycles. The van der Waals surface area contributed by atoms with E-state index in [2.05, 4.69) is 6.92 Å². The summed E-state index contributed by atoms with van der Waals surface area (Å²) in [7, 11) is 0. The number of hydrogen-bond acceptors (Lipinski definition) is 3. The van der Waals surface area contributed by atoms with Gasteiger partial charge in [-0.05, 0) is 26.2 Å². The van der Waals surface area contributed by atoms with Gasteiger partial charge in [0.2, 0.25) is 0 Å². The van der Waals surface area contributed by atoms with Crippen LogP contribution in [0.4, 0.5) is 0 Å². The van der Waals surface area contributed by atoms with Gasteiger partial charge in [-0.3, -0.25) is 0 Å². The molecule has 3 heteroatoms. The average Bonchev–Trinajstić information content (AvgIpc) is 2.64. The fourth-order valence-electron chi connectivity index (χ4n) is 2.16. The molecular weight excluding hydrogens is 204 g/mol. The topological polar surface area (TPSA) is 38.7 Å². The molecule has 96 valence electrons. The summed E-state index contributed by atoms with van der Waals surface area (Å²) in [6, 6.07) is 0. The van der Waals surface area contributed by atoms with Crippen LogP contribution in [0.25, 0.3) is 0 Å². The molecular formula is C13H26O3. The van der Waals surface area contributed by atoms with E-state index >= 15 is 0 Å². The Labute approximate surface area is 99.1 Å². The van der Waals surface area contributed by atoms with E-state index < -0.39 is 0 Å². The second kappa shape index (κ2) is 7.25. The van der Waals surface area contributed by atoms with Gasteiger partial charge >= 0.3 is 0 Å². The van der Waals surface area contributed by atoms with E-state index in [4.69, 9.17) is 14.6 Å². The van der Waals surface area contributed by atoms with Gasteiger partial charge in [0.05, 0.1) is 12.7 Å². The fraction of sp³-hybridized carbons (Fsp3) is 1.00. The Morgan fingerprint density at radius 3 is 2.75 bits per heavy atom. The van der Waals surface area contributed by atoms with Crippen molar-refractivity contribution in [1.82, 2.24) is 0 Å². The van der Waals surface area contributed by atoms with Gasteiger partial charge in [-0.2, -0.15) is 0 Å². The maximum Gasteiger partial charge on any atom is 0.166 e. The van der Waals surface area contributed by atoms with Crippen molar-refractivity contribution in [2.45, 2.75) is 70.7 Å². The Balaban J connectivity index is 2.15. The predicted molar refractivity (Wildman–Crippen MR) is 64.3 cm³/mol. The third-order valence-corrected chi connectivity index (χ3v) is 3.16. The molecule has 0 amide bonds. The highest BCUT2D eigenvalue weighted by molar-refractivity contribution is 4.75. The summed E-state index contributed by atoms with van der Waals surface area (Å²) in [5, 5.41) is 8.76. The van der Waals surface area contributed by atoms with Gasteiger partial charge in [0.1, 0.15) is 0 Å². The molecule has 0 spiro atoms. The molecule has 1 heterocycles. The normalized spacial score (nSPS) is 29.8. The van der Waals surface area contributed by atoms with Crippen molar-refractivity contribution in [3.63, 3.8) is 0 Å². The van der Waals surface area contributed by atoms with Crippen LogP contribution in [-0.4, -0.2) is 30.2 Å². The third-order valence-electron chi connectivity index (χ3n) is 3.16. The smallest absolute Gasteiger partial charge is 0.166 e. The van der Waals surface area contributed by atoms with Crippen LogP contribution in [-0.2, 0) is 9.47 Å². The van der Waals surface area contributed by atoms with Crippen molar-refractivity contribution in [2.24, 2.45) is 0 Å². The van der Waals surface area contributed by atoms with Crippen molar-refractivity contribution in [1.29, 1.82) is 0 Å². The standard InChI is InChI=1S/C13H26O3/c1-3-4-5-6-9-13(2)15-11-12(16-13)8-7-10-14/h12,14H,3-11H2,1-2H3. The van der Waals surface area contributed by atoms with Crippen molar-refractivity contribution in [2.75, 3.05) is 13.2 Å². The lowest BCUT2D eigenvalue weighted by molar-refractivity contribution is -0.159. The van der Waals surface area contributed by atoms with E-state index in [1.54, 1.807) is 0 Å². The molecule has 16 heavy (non-hydrogen) atoms. The Hall–Kier alpha value is -0.120. The van der Waals surface area contributed by atoms with Crippen LogP contribution in [0.2, 0.25) is 0 Å². The SMILES string of the molecule is CCCCCCC1(C)OCC(CCCO)O1. The number of aliphatic hydroxyl groups excluding tert-OH is 1. The Morgan fingerprint density at radius 1 is 1.25 bits per heavy atom. The van der Waals surface area contributed by atoms with E-state index in [0.29, 0.717) is 6.61 Å². The summed E-state index contributed by atoms with van der Waals surface area (Å²) in [5.74, 6) is -0.367. The molecule has 1 N–H and O–H groups in total. The van der Waals surface area contributed by atoms with Crippen LogP contribution >= 0.6 is 0 Å². The van der Waals surface area contributed by atoms with Crippen LogP contribution in [0.15, 0.2) is 0 Å². The summed E-state index contributed by atoms with van der Waals surface area (Å²) in [5.41, 5.74) is 0. The van der Waals surface area contributed by atoms with Gasteiger partial charge in [-0.1, -0.05) is 26.2 Å². The van der Waals surface area contributed by atoms with E-state index in [1.807, 2.05) is 6.92 Å². The highest BCUT2D eigenvalue weighted by Crippen LogP contribution is 2.30. The number of ether oxygens (including phenoxy) is 2. The van der Waals surface area contributed by atoms with Gasteiger partial charge in [0, 0.05) is 13.0 Å². The number of rotatable bonds is 8. The lowest BCUT2D eigenvalue weighted by Gasteiger charge is -2.23. The van der Waals surface area contributed by atoms with Gasteiger partial charge in [0.25, 0.3) is 0 Å². The highest BCUT2D eigenvalue weighted by atomic mass is 16.7. The molecule has 1 rings (SSSR count). The molecule has 1 saturated heterocycles. The van der Waals surface area contributed by atoms with E-state index in [-0.39, 0.29) is 18.5 Å². The van der Waals surface area contributed by atoms with Crippen LogP contribution in [0.3, 0.4) is 0 Å². The van der Waals surface area contributed by atoms with Gasteiger partial charge in [-0.15, -0.1) is 0 Å². The molecule has 0 radical (unpaired) electrons. The van der Waals surface area contributed by atoms with E-state index in [0.717, 1.165) is 19.3 Å². The average molecular weight is 230 g/mol. The minimum atomic E-state index is -0.367. The minimum absolute atomic E-state index is 0.184. The molecule has 2 unspecified atom stereocenters. The zero-order valence-electron chi connectivity index (χ0n) is 10.7. The molecule has 1 aliphatic heterocycles. The summed E-state index contributed by atoms with van der Waals surface area (Å²) >= 11 is 0. The Morgan fingerprint density at radius 2 is 2.06 bits per heavy atom. The lowest BCUT2D eigenvalue weighted by atomic mass is 10.1. The molecule has 0 saturated carbocycles. The van der Waals surface area contributed by atoms with E-state index in [1.165, 1.54) is 25.7 Å². The summed E-state index contributed by atoms with van der Waals surface area (Å²) in [6.07, 6.45) is 7.88. The third kappa shape index (κ3) is 4.81. The molecule has 0 aromatic carbocycles. The molecule has 0 aromatic rings. The van der Waals surface area contributed by atoms with Crippen molar-refractivity contribution in [3.05, 3.63) is 0 Å². The summed E-state index contributed by atoms with van der Waals surface area (Å²) in [6.45, 7) is 5.18.